The Bertz CT molecular complexity index is 1110. The fraction of sp³-hybridized carbons (Fsp3) is 0.227. The fourth-order valence-corrected chi connectivity index (χ4v) is 3.98. The number of nitrogens with one attached hydrogen (secondary N) is 2. The minimum Gasteiger partial charge on any atom is -0.355 e. The Hall–Kier alpha value is -3.06. The molecule has 4 aromatic rings. The van der Waals surface area contributed by atoms with Gasteiger partial charge in [0, 0.05) is 25.4 Å². The van der Waals surface area contributed by atoms with Gasteiger partial charge in [-0.15, -0.1) is 0 Å². The third kappa shape index (κ3) is 4.51. The van der Waals surface area contributed by atoms with Crippen molar-refractivity contribution in [3.8, 4) is 5.69 Å². The molecule has 2 aromatic carbocycles. The second-order valence-electron chi connectivity index (χ2n) is 6.96. The maximum absolute atomic E-state index is 12.3. The smallest absolute Gasteiger partial charge is 0.230 e. The molecule has 0 saturated heterocycles. The predicted octanol–water partition coefficient (Wildman–Crippen LogP) is 3.82. The molecule has 29 heavy (non-hydrogen) atoms. The van der Waals surface area contributed by atoms with Gasteiger partial charge in [0.2, 0.25) is 5.91 Å². The van der Waals surface area contributed by atoms with Gasteiger partial charge in [-0.25, -0.2) is 9.97 Å². The molecule has 0 aliphatic heterocycles. The van der Waals surface area contributed by atoms with Crippen LogP contribution < -0.4 is 5.32 Å². The van der Waals surface area contributed by atoms with E-state index in [4.69, 9.17) is 0 Å². The monoisotopic (exact) mass is 405 g/mol. The summed E-state index contributed by atoms with van der Waals surface area (Å²) in [4.78, 5) is 24.5. The van der Waals surface area contributed by atoms with Gasteiger partial charge in [-0.1, -0.05) is 36.0 Å². The highest BCUT2D eigenvalue weighted by molar-refractivity contribution is 7.99. The molecule has 0 aliphatic carbocycles. The number of benzene rings is 2. The molecular weight excluding hydrogens is 382 g/mol. The molecule has 2 N–H and O–H groups in total. The van der Waals surface area contributed by atoms with Crippen molar-refractivity contribution in [1.29, 1.82) is 0 Å². The number of amides is 1. The molecular formula is C22H23N5OS. The lowest BCUT2D eigenvalue weighted by Gasteiger charge is -2.11. The highest BCUT2D eigenvalue weighted by atomic mass is 32.2. The molecule has 6 nitrogen and oxygen atoms in total. The van der Waals surface area contributed by atoms with E-state index in [1.807, 2.05) is 35.0 Å². The number of aromatic nitrogens is 4. The number of para-hydroxylation sites is 2. The van der Waals surface area contributed by atoms with E-state index in [0.29, 0.717) is 18.7 Å². The quantitative estimate of drug-likeness (QED) is 0.459. The van der Waals surface area contributed by atoms with Crippen LogP contribution in [-0.2, 0) is 11.2 Å². The number of imidazole rings is 2. The summed E-state index contributed by atoms with van der Waals surface area (Å²) >= 11 is 1.44. The van der Waals surface area contributed by atoms with E-state index in [0.717, 1.165) is 27.7 Å². The number of hydrogen-bond donors (Lipinski definition) is 2. The summed E-state index contributed by atoms with van der Waals surface area (Å²) in [5.74, 6) is 1.19. The van der Waals surface area contributed by atoms with Crippen LogP contribution in [0.25, 0.3) is 16.7 Å². The number of fused-ring (bicyclic) bond motifs is 1. The first-order chi connectivity index (χ1) is 14.1. The Morgan fingerprint density at radius 2 is 2.07 bits per heavy atom. The first kappa shape index (κ1) is 19.3. The molecule has 4 rings (SSSR count). The van der Waals surface area contributed by atoms with Crippen LogP contribution in [0.4, 0.5) is 0 Å². The second-order valence-corrected chi connectivity index (χ2v) is 7.90. The largest absolute Gasteiger partial charge is 0.355 e. The van der Waals surface area contributed by atoms with Gasteiger partial charge in [-0.2, -0.15) is 0 Å². The molecule has 0 spiro atoms. The van der Waals surface area contributed by atoms with Crippen LogP contribution in [0.2, 0.25) is 0 Å². The number of carbonyl (C=O) groups is 1. The summed E-state index contributed by atoms with van der Waals surface area (Å²) in [5.41, 5.74) is 5.42. The number of aryl methyl sites for hydroxylation is 2. The number of aromatic amines is 1. The number of hydrogen-bond acceptors (Lipinski definition) is 4. The first-order valence-corrected chi connectivity index (χ1v) is 10.5. The predicted molar refractivity (Wildman–Crippen MR) is 117 cm³/mol. The average Bonchev–Trinajstić information content (AvgIpc) is 3.34. The summed E-state index contributed by atoms with van der Waals surface area (Å²) < 4.78 is 2.04. The minimum atomic E-state index is -0.0124. The Morgan fingerprint density at radius 3 is 2.93 bits per heavy atom. The summed E-state index contributed by atoms with van der Waals surface area (Å²) in [6.45, 7) is 4.70. The molecule has 0 aliphatic rings. The normalized spacial score (nSPS) is 11.1. The van der Waals surface area contributed by atoms with E-state index in [1.54, 1.807) is 6.20 Å². The third-order valence-corrected chi connectivity index (χ3v) is 5.65. The zero-order valence-electron chi connectivity index (χ0n) is 16.5. The Labute approximate surface area is 173 Å². The standard InChI is InChI=1S/C22H23N5OS/c1-15-7-8-16(2)19(13-15)27-12-11-24-22(27)29-14-21(28)23-10-9-20-25-17-5-3-4-6-18(17)26-20/h3-8,11-13H,9-10,14H2,1-2H3,(H,23,28)(H,25,26). The van der Waals surface area contributed by atoms with E-state index < -0.39 is 0 Å². The molecule has 0 unspecified atom stereocenters. The van der Waals surface area contributed by atoms with Gasteiger partial charge in [0.15, 0.2) is 5.16 Å². The van der Waals surface area contributed by atoms with E-state index in [-0.39, 0.29) is 5.91 Å². The molecule has 2 heterocycles. The molecule has 0 radical (unpaired) electrons. The zero-order valence-corrected chi connectivity index (χ0v) is 17.3. The fourth-order valence-electron chi connectivity index (χ4n) is 3.18. The third-order valence-electron chi connectivity index (χ3n) is 4.69. The van der Waals surface area contributed by atoms with Gasteiger partial charge >= 0.3 is 0 Å². The van der Waals surface area contributed by atoms with Crippen LogP contribution in [0.3, 0.4) is 0 Å². The highest BCUT2D eigenvalue weighted by Gasteiger charge is 2.11. The van der Waals surface area contributed by atoms with Crippen molar-refractivity contribution >= 4 is 28.7 Å². The van der Waals surface area contributed by atoms with Crippen LogP contribution in [0, 0.1) is 13.8 Å². The SMILES string of the molecule is Cc1ccc(C)c(-n2ccnc2SCC(=O)NCCc2nc3ccccc3[nH]2)c1. The summed E-state index contributed by atoms with van der Waals surface area (Å²) in [5, 5.41) is 3.77. The van der Waals surface area contributed by atoms with Crippen molar-refractivity contribution in [2.24, 2.45) is 0 Å². The molecule has 0 bridgehead atoms. The molecule has 0 fully saturated rings. The van der Waals surface area contributed by atoms with Crippen molar-refractivity contribution in [1.82, 2.24) is 24.8 Å². The molecule has 148 valence electrons. The van der Waals surface area contributed by atoms with Crippen molar-refractivity contribution < 1.29 is 4.79 Å². The molecule has 0 saturated carbocycles. The van der Waals surface area contributed by atoms with Crippen LogP contribution in [0.15, 0.2) is 60.0 Å². The van der Waals surface area contributed by atoms with Crippen molar-refractivity contribution in [3.05, 3.63) is 71.8 Å². The van der Waals surface area contributed by atoms with Crippen LogP contribution in [0.5, 0.6) is 0 Å². The summed E-state index contributed by atoms with van der Waals surface area (Å²) in [6.07, 6.45) is 4.37. The van der Waals surface area contributed by atoms with Gasteiger partial charge in [0.25, 0.3) is 0 Å². The first-order valence-electron chi connectivity index (χ1n) is 9.54. The van der Waals surface area contributed by atoms with Crippen molar-refractivity contribution in [2.75, 3.05) is 12.3 Å². The van der Waals surface area contributed by atoms with Gasteiger partial charge in [-0.3, -0.25) is 9.36 Å². The van der Waals surface area contributed by atoms with E-state index in [2.05, 4.69) is 52.3 Å². The number of nitrogens with zero attached hydrogens (tertiary/aromatic N) is 3. The molecule has 2 aromatic heterocycles. The van der Waals surface area contributed by atoms with Gasteiger partial charge in [-0.05, 0) is 43.2 Å². The zero-order chi connectivity index (χ0) is 20.2. The molecule has 7 heteroatoms. The minimum absolute atomic E-state index is 0.0124. The summed E-state index contributed by atoms with van der Waals surface area (Å²) in [6, 6.07) is 14.2. The second kappa shape index (κ2) is 8.53. The number of carbonyl (C=O) groups excluding carboxylic acids is 1. The lowest BCUT2D eigenvalue weighted by Crippen LogP contribution is -2.27. The maximum Gasteiger partial charge on any atom is 0.230 e. The van der Waals surface area contributed by atoms with Gasteiger partial charge in [0.05, 0.1) is 22.5 Å². The Balaban J connectivity index is 1.31. The molecule has 0 atom stereocenters. The lowest BCUT2D eigenvalue weighted by atomic mass is 10.1. The lowest BCUT2D eigenvalue weighted by molar-refractivity contribution is -0.118. The molecule has 1 amide bonds. The number of thioether (sulfide) groups is 1. The van der Waals surface area contributed by atoms with Gasteiger partial charge < -0.3 is 10.3 Å². The Kier molecular flexibility index (Phi) is 5.67. The summed E-state index contributed by atoms with van der Waals surface area (Å²) in [7, 11) is 0. The van der Waals surface area contributed by atoms with E-state index in [1.165, 1.54) is 22.9 Å². The number of rotatable bonds is 7. The number of H-pyrrole nitrogens is 1. The van der Waals surface area contributed by atoms with Crippen LogP contribution in [-0.4, -0.2) is 37.7 Å². The van der Waals surface area contributed by atoms with Crippen molar-refractivity contribution in [2.45, 2.75) is 25.4 Å². The van der Waals surface area contributed by atoms with Crippen molar-refractivity contribution in [3.63, 3.8) is 0 Å². The van der Waals surface area contributed by atoms with Gasteiger partial charge in [0.1, 0.15) is 5.82 Å². The van der Waals surface area contributed by atoms with Crippen LogP contribution in [0.1, 0.15) is 17.0 Å². The van der Waals surface area contributed by atoms with E-state index >= 15 is 0 Å². The average molecular weight is 406 g/mol. The van der Waals surface area contributed by atoms with Crippen LogP contribution >= 0.6 is 11.8 Å². The highest BCUT2D eigenvalue weighted by Crippen LogP contribution is 2.23. The maximum atomic E-state index is 12.3. The Morgan fingerprint density at radius 1 is 1.21 bits per heavy atom. The van der Waals surface area contributed by atoms with E-state index in [9.17, 15) is 4.79 Å². The topological polar surface area (TPSA) is 75.6 Å².